The van der Waals surface area contributed by atoms with E-state index in [0.717, 1.165) is 0 Å². The second-order valence-corrected chi connectivity index (χ2v) is 3.88. The lowest BCUT2D eigenvalue weighted by Crippen LogP contribution is -2.07. The minimum absolute atomic E-state index is 1.50. The van der Waals surface area contributed by atoms with Gasteiger partial charge in [0.2, 0.25) is 0 Å². The maximum atomic E-state index is 7.17. The molecule has 1 aliphatic rings. The molecule has 0 bridgehead atoms. The molecular weight excluding hydrogens is 179 g/mol. The van der Waals surface area contributed by atoms with Crippen LogP contribution in [0.5, 0.6) is 0 Å². The average Bonchev–Trinajstić information content (AvgIpc) is 2.14. The molecule has 1 fully saturated rings. The largest absolute Gasteiger partial charge is 0.631 e. The predicted octanol–water partition coefficient (Wildman–Crippen LogP) is 1.85. The molecule has 3 nitrogen and oxygen atoms in total. The molecule has 0 amide bonds. The lowest BCUT2D eigenvalue weighted by atomic mass is 10.0. The Morgan fingerprint density at radius 3 is 0.571 bits per heavy atom. The van der Waals surface area contributed by atoms with Crippen molar-refractivity contribution in [2.75, 3.05) is 0 Å². The summed E-state index contributed by atoms with van der Waals surface area (Å²) in [6, 6.07) is 0. The fraction of sp³-hybridized carbons (Fsp3) is 1.00. The van der Waals surface area contributed by atoms with E-state index in [1.807, 2.05) is 0 Å². The molecule has 1 aliphatic carbocycles. The summed E-state index contributed by atoms with van der Waals surface area (Å²) in [5, 5.41) is 21.5. The second kappa shape index (κ2) is 11.0. The van der Waals surface area contributed by atoms with Gasteiger partial charge in [0.05, 0.1) is 0 Å². The van der Waals surface area contributed by atoms with E-state index in [9.17, 15) is 0 Å². The third-order valence-corrected chi connectivity index (χ3v) is 2.50. The first-order valence-electron chi connectivity index (χ1n) is 5.77. The first kappa shape index (κ1) is 13.9. The molecule has 0 aliphatic heterocycles. The molecule has 0 aromatic heterocycles. The van der Waals surface area contributed by atoms with Crippen LogP contribution in [0, 0.1) is 0 Å². The molecule has 1 rings (SSSR count). The van der Waals surface area contributed by atoms with Gasteiger partial charge < -0.3 is 15.1 Å². The summed E-state index contributed by atoms with van der Waals surface area (Å²) in [6.07, 6.45) is 15.0. The summed E-state index contributed by atoms with van der Waals surface area (Å²) in [4.78, 5) is 0. The smallest absolute Gasteiger partial charge is 0.402 e. The highest BCUT2D eigenvalue weighted by molar-refractivity contribution is 6.30. The van der Waals surface area contributed by atoms with Crippen molar-refractivity contribution >= 4 is 7.32 Å². The van der Waals surface area contributed by atoms with E-state index in [1.54, 1.807) is 0 Å². The maximum absolute atomic E-state index is 7.17. The van der Waals surface area contributed by atoms with Crippen molar-refractivity contribution in [3.05, 3.63) is 0 Å². The molecule has 0 aromatic rings. The SMILES string of the molecule is C1CCCCCCCCC1.OB(O)O. The highest BCUT2D eigenvalue weighted by Crippen LogP contribution is 2.15. The molecule has 0 radical (unpaired) electrons. The standard InChI is InChI=1S/C10H20.BH3O3/c1-2-4-6-8-10-9-7-5-3-1;2-1(3)4/h1-10H2;2-4H. The minimum atomic E-state index is -2.17. The zero-order valence-corrected chi connectivity index (χ0v) is 8.99. The summed E-state index contributed by atoms with van der Waals surface area (Å²) in [6.45, 7) is 0. The van der Waals surface area contributed by atoms with Crippen LogP contribution in [0.25, 0.3) is 0 Å². The molecule has 0 aromatic carbocycles. The highest BCUT2D eigenvalue weighted by Gasteiger charge is 1.95. The Hall–Kier alpha value is -0.0551. The molecule has 1 saturated carbocycles. The third-order valence-electron chi connectivity index (χ3n) is 2.50. The molecule has 14 heavy (non-hydrogen) atoms. The fourth-order valence-electron chi connectivity index (χ4n) is 1.77. The van der Waals surface area contributed by atoms with Crippen LogP contribution in [0.3, 0.4) is 0 Å². The predicted molar refractivity (Wildman–Crippen MR) is 58.6 cm³/mol. The van der Waals surface area contributed by atoms with Gasteiger partial charge in [-0.3, -0.25) is 0 Å². The van der Waals surface area contributed by atoms with Crippen molar-refractivity contribution in [1.82, 2.24) is 0 Å². The Kier molecular flexibility index (Phi) is 11.0. The zero-order chi connectivity index (χ0) is 10.6. The summed E-state index contributed by atoms with van der Waals surface area (Å²) >= 11 is 0. The highest BCUT2D eigenvalue weighted by atomic mass is 16.5. The second-order valence-electron chi connectivity index (χ2n) is 3.88. The Bertz CT molecular complexity index is 73.6. The fourth-order valence-corrected chi connectivity index (χ4v) is 1.77. The van der Waals surface area contributed by atoms with E-state index in [-0.39, 0.29) is 0 Å². The van der Waals surface area contributed by atoms with Crippen LogP contribution in [-0.4, -0.2) is 22.4 Å². The lowest BCUT2D eigenvalue weighted by molar-refractivity contribution is 0.278. The van der Waals surface area contributed by atoms with Crippen molar-refractivity contribution in [3.63, 3.8) is 0 Å². The van der Waals surface area contributed by atoms with Crippen LogP contribution in [0.1, 0.15) is 64.2 Å². The molecule has 84 valence electrons. The Morgan fingerprint density at radius 2 is 0.500 bits per heavy atom. The Labute approximate surface area is 87.3 Å². The van der Waals surface area contributed by atoms with Gasteiger partial charge in [-0.2, -0.15) is 0 Å². The van der Waals surface area contributed by atoms with Gasteiger partial charge in [-0.25, -0.2) is 0 Å². The van der Waals surface area contributed by atoms with E-state index in [1.165, 1.54) is 64.2 Å². The van der Waals surface area contributed by atoms with E-state index in [2.05, 4.69) is 0 Å². The zero-order valence-electron chi connectivity index (χ0n) is 8.99. The quantitative estimate of drug-likeness (QED) is 0.525. The monoisotopic (exact) mass is 202 g/mol. The molecule has 0 saturated heterocycles. The first-order valence-corrected chi connectivity index (χ1v) is 5.77. The number of hydrogen-bond acceptors (Lipinski definition) is 3. The van der Waals surface area contributed by atoms with Gasteiger partial charge in [0.25, 0.3) is 0 Å². The van der Waals surface area contributed by atoms with Crippen LogP contribution in [0.4, 0.5) is 0 Å². The van der Waals surface area contributed by atoms with Gasteiger partial charge in [-0.15, -0.1) is 0 Å². The molecule has 0 heterocycles. The molecule has 3 N–H and O–H groups in total. The summed E-state index contributed by atoms with van der Waals surface area (Å²) in [5.41, 5.74) is 0. The summed E-state index contributed by atoms with van der Waals surface area (Å²) < 4.78 is 0. The van der Waals surface area contributed by atoms with Gasteiger partial charge in [0, 0.05) is 0 Å². The normalized spacial score (nSPS) is 19.1. The van der Waals surface area contributed by atoms with E-state index in [0.29, 0.717) is 0 Å². The van der Waals surface area contributed by atoms with E-state index >= 15 is 0 Å². The van der Waals surface area contributed by atoms with Crippen LogP contribution in [0.2, 0.25) is 0 Å². The van der Waals surface area contributed by atoms with Crippen molar-refractivity contribution in [2.24, 2.45) is 0 Å². The molecule has 0 unspecified atom stereocenters. The van der Waals surface area contributed by atoms with Crippen LogP contribution in [0.15, 0.2) is 0 Å². The van der Waals surface area contributed by atoms with E-state index in [4.69, 9.17) is 15.1 Å². The van der Waals surface area contributed by atoms with Crippen LogP contribution in [-0.2, 0) is 0 Å². The number of rotatable bonds is 0. The third kappa shape index (κ3) is 14.5. The topological polar surface area (TPSA) is 60.7 Å². The summed E-state index contributed by atoms with van der Waals surface area (Å²) in [5.74, 6) is 0. The van der Waals surface area contributed by atoms with Crippen LogP contribution >= 0.6 is 0 Å². The van der Waals surface area contributed by atoms with Gasteiger partial charge in [-0.1, -0.05) is 64.2 Å². The van der Waals surface area contributed by atoms with E-state index < -0.39 is 7.32 Å². The maximum Gasteiger partial charge on any atom is 0.631 e. The molecular formula is C10H23BO3. The Balaban J connectivity index is 0.000000364. The number of hydrogen-bond donors (Lipinski definition) is 3. The van der Waals surface area contributed by atoms with Crippen LogP contribution < -0.4 is 0 Å². The van der Waals surface area contributed by atoms with Gasteiger partial charge >= 0.3 is 7.32 Å². The molecule has 0 atom stereocenters. The lowest BCUT2D eigenvalue weighted by Gasteiger charge is -2.05. The molecule has 4 heteroatoms. The first-order chi connectivity index (χ1) is 6.73. The van der Waals surface area contributed by atoms with Crippen molar-refractivity contribution in [3.8, 4) is 0 Å². The minimum Gasteiger partial charge on any atom is -0.402 e. The molecule has 0 spiro atoms. The average molecular weight is 202 g/mol. The van der Waals surface area contributed by atoms with Gasteiger partial charge in [0.15, 0.2) is 0 Å². The van der Waals surface area contributed by atoms with Gasteiger partial charge in [0.1, 0.15) is 0 Å². The van der Waals surface area contributed by atoms with Crippen molar-refractivity contribution in [1.29, 1.82) is 0 Å². The summed E-state index contributed by atoms with van der Waals surface area (Å²) in [7, 11) is -2.17. The van der Waals surface area contributed by atoms with Crippen molar-refractivity contribution < 1.29 is 15.1 Å². The van der Waals surface area contributed by atoms with Crippen molar-refractivity contribution in [2.45, 2.75) is 64.2 Å². The Morgan fingerprint density at radius 1 is 0.429 bits per heavy atom. The van der Waals surface area contributed by atoms with Gasteiger partial charge in [-0.05, 0) is 0 Å².